The highest BCUT2D eigenvalue weighted by Crippen LogP contribution is 2.30. The fourth-order valence-electron chi connectivity index (χ4n) is 1.56. The van der Waals surface area contributed by atoms with Gasteiger partial charge in [-0.2, -0.15) is 0 Å². The molecule has 1 aromatic rings. The van der Waals surface area contributed by atoms with Gasteiger partial charge in [0.15, 0.2) is 0 Å². The van der Waals surface area contributed by atoms with Crippen molar-refractivity contribution in [3.63, 3.8) is 0 Å². The molecule has 0 spiro atoms. The number of aliphatic hydroxyl groups is 1. The van der Waals surface area contributed by atoms with E-state index in [-0.39, 0.29) is 12.2 Å². The van der Waals surface area contributed by atoms with E-state index < -0.39 is 6.10 Å². The van der Waals surface area contributed by atoms with E-state index in [1.165, 1.54) is 0 Å². The van der Waals surface area contributed by atoms with Crippen LogP contribution in [0.15, 0.2) is 18.2 Å². The van der Waals surface area contributed by atoms with Crippen molar-refractivity contribution < 1.29 is 14.6 Å². The van der Waals surface area contributed by atoms with Crippen molar-refractivity contribution in [2.24, 2.45) is 0 Å². The second kappa shape index (κ2) is 5.92. The van der Waals surface area contributed by atoms with E-state index in [0.29, 0.717) is 5.75 Å². The lowest BCUT2D eigenvalue weighted by Gasteiger charge is -2.18. The molecule has 0 radical (unpaired) electrons. The zero-order valence-electron chi connectivity index (χ0n) is 11.2. The second-order valence-corrected chi connectivity index (χ2v) is 4.71. The largest absolute Gasteiger partial charge is 0.491 e. The van der Waals surface area contributed by atoms with Gasteiger partial charge in [0.1, 0.15) is 11.5 Å². The molecule has 1 rings (SSSR count). The van der Waals surface area contributed by atoms with E-state index >= 15 is 0 Å². The molecular formula is C14H22O3. The molecule has 1 aromatic carbocycles. The van der Waals surface area contributed by atoms with Gasteiger partial charge in [0, 0.05) is 11.6 Å². The normalized spacial score (nSPS) is 12.9. The first-order chi connectivity index (χ1) is 7.90. The van der Waals surface area contributed by atoms with E-state index in [1.807, 2.05) is 45.9 Å². The first-order valence-electron chi connectivity index (χ1n) is 6.05. The third-order valence-electron chi connectivity index (χ3n) is 2.17. The molecule has 0 fully saturated rings. The molecule has 0 aliphatic carbocycles. The Morgan fingerprint density at radius 2 is 1.53 bits per heavy atom. The van der Waals surface area contributed by atoms with Gasteiger partial charge in [-0.05, 0) is 46.8 Å². The summed E-state index contributed by atoms with van der Waals surface area (Å²) in [5.41, 5.74) is 0.787. The number of aliphatic hydroxyl groups excluding tert-OH is 1. The Hall–Kier alpha value is -1.22. The van der Waals surface area contributed by atoms with Crippen molar-refractivity contribution in [2.75, 3.05) is 0 Å². The summed E-state index contributed by atoms with van der Waals surface area (Å²) in [5, 5.41) is 9.67. The van der Waals surface area contributed by atoms with E-state index in [9.17, 15) is 5.11 Å². The lowest BCUT2D eigenvalue weighted by atomic mass is 10.1. The smallest absolute Gasteiger partial charge is 0.129 e. The predicted octanol–water partition coefficient (Wildman–Crippen LogP) is 3.31. The molecule has 0 amide bonds. The van der Waals surface area contributed by atoms with Crippen LogP contribution in [0.3, 0.4) is 0 Å². The van der Waals surface area contributed by atoms with Crippen molar-refractivity contribution in [1.29, 1.82) is 0 Å². The molecule has 0 saturated heterocycles. The van der Waals surface area contributed by atoms with Crippen LogP contribution in [-0.2, 0) is 0 Å². The minimum Gasteiger partial charge on any atom is -0.491 e. The van der Waals surface area contributed by atoms with Crippen LogP contribution in [0.4, 0.5) is 0 Å². The van der Waals surface area contributed by atoms with Crippen LogP contribution in [0.2, 0.25) is 0 Å². The lowest BCUT2D eigenvalue weighted by molar-refractivity contribution is 0.181. The summed E-state index contributed by atoms with van der Waals surface area (Å²) in [6.07, 6.45) is -0.349. The Bertz CT molecular complexity index is 356. The summed E-state index contributed by atoms with van der Waals surface area (Å²) in [4.78, 5) is 0. The second-order valence-electron chi connectivity index (χ2n) is 4.71. The Balaban J connectivity index is 3.01. The molecule has 1 unspecified atom stereocenters. The Kier molecular flexibility index (Phi) is 4.82. The summed E-state index contributed by atoms with van der Waals surface area (Å²) in [7, 11) is 0. The van der Waals surface area contributed by atoms with Gasteiger partial charge in [0.25, 0.3) is 0 Å². The maximum Gasteiger partial charge on any atom is 0.129 e. The number of hydrogen-bond donors (Lipinski definition) is 1. The van der Waals surface area contributed by atoms with E-state index in [2.05, 4.69) is 0 Å². The van der Waals surface area contributed by atoms with Gasteiger partial charge in [-0.25, -0.2) is 0 Å². The van der Waals surface area contributed by atoms with Crippen molar-refractivity contribution >= 4 is 0 Å². The zero-order valence-corrected chi connectivity index (χ0v) is 11.2. The third-order valence-corrected chi connectivity index (χ3v) is 2.17. The Morgan fingerprint density at radius 3 is 2.00 bits per heavy atom. The molecule has 0 saturated carbocycles. The Labute approximate surface area is 103 Å². The van der Waals surface area contributed by atoms with Crippen molar-refractivity contribution in [2.45, 2.75) is 52.9 Å². The van der Waals surface area contributed by atoms with Gasteiger partial charge in [-0.1, -0.05) is 0 Å². The number of hydrogen-bond acceptors (Lipinski definition) is 3. The molecule has 3 heteroatoms. The summed E-state index contributed by atoms with van der Waals surface area (Å²) in [6, 6.07) is 5.54. The molecule has 17 heavy (non-hydrogen) atoms. The number of benzene rings is 1. The SMILES string of the molecule is CC(C)Oc1ccc(C(C)O)c(OC(C)C)c1. The average Bonchev–Trinajstić information content (AvgIpc) is 2.15. The van der Waals surface area contributed by atoms with Crippen LogP contribution >= 0.6 is 0 Å². The molecule has 0 aromatic heterocycles. The highest BCUT2D eigenvalue weighted by molar-refractivity contribution is 5.42. The van der Waals surface area contributed by atoms with Gasteiger partial charge in [-0.15, -0.1) is 0 Å². The summed E-state index contributed by atoms with van der Waals surface area (Å²) < 4.78 is 11.3. The maximum atomic E-state index is 9.67. The highest BCUT2D eigenvalue weighted by Gasteiger charge is 2.12. The molecule has 3 nitrogen and oxygen atoms in total. The van der Waals surface area contributed by atoms with E-state index in [1.54, 1.807) is 6.92 Å². The van der Waals surface area contributed by atoms with Crippen molar-refractivity contribution in [1.82, 2.24) is 0 Å². The molecule has 0 heterocycles. The number of rotatable bonds is 5. The standard InChI is InChI=1S/C14H22O3/c1-9(2)16-12-6-7-13(11(5)15)14(8-12)17-10(3)4/h6-11,15H,1-5H3. The van der Waals surface area contributed by atoms with Crippen LogP contribution in [0, 0.1) is 0 Å². The first-order valence-corrected chi connectivity index (χ1v) is 6.05. The van der Waals surface area contributed by atoms with Crippen LogP contribution in [0.25, 0.3) is 0 Å². The zero-order chi connectivity index (χ0) is 13.0. The minimum absolute atomic E-state index is 0.0711. The Morgan fingerprint density at radius 1 is 0.941 bits per heavy atom. The molecule has 1 N–H and O–H groups in total. The van der Waals surface area contributed by atoms with Gasteiger partial charge in [0.2, 0.25) is 0 Å². The molecule has 0 aliphatic rings. The van der Waals surface area contributed by atoms with E-state index in [4.69, 9.17) is 9.47 Å². The third kappa shape index (κ3) is 4.27. The summed E-state index contributed by atoms with van der Waals surface area (Å²) >= 11 is 0. The average molecular weight is 238 g/mol. The summed E-state index contributed by atoms with van der Waals surface area (Å²) in [6.45, 7) is 9.60. The van der Waals surface area contributed by atoms with Crippen molar-refractivity contribution in [3.8, 4) is 11.5 Å². The highest BCUT2D eigenvalue weighted by atomic mass is 16.5. The lowest BCUT2D eigenvalue weighted by Crippen LogP contribution is -2.10. The molecule has 1 atom stereocenters. The fourth-order valence-corrected chi connectivity index (χ4v) is 1.56. The van der Waals surface area contributed by atoms with Crippen LogP contribution in [0.5, 0.6) is 11.5 Å². The quantitative estimate of drug-likeness (QED) is 0.855. The van der Waals surface area contributed by atoms with Crippen LogP contribution in [-0.4, -0.2) is 17.3 Å². The monoisotopic (exact) mass is 238 g/mol. The van der Waals surface area contributed by atoms with Crippen LogP contribution < -0.4 is 9.47 Å². The van der Waals surface area contributed by atoms with Crippen LogP contribution in [0.1, 0.15) is 46.3 Å². The van der Waals surface area contributed by atoms with Gasteiger partial charge in [-0.3, -0.25) is 0 Å². The molecule has 0 aliphatic heterocycles. The summed E-state index contributed by atoms with van der Waals surface area (Å²) in [5.74, 6) is 1.45. The van der Waals surface area contributed by atoms with Gasteiger partial charge >= 0.3 is 0 Å². The maximum absolute atomic E-state index is 9.67. The first kappa shape index (κ1) is 13.8. The minimum atomic E-state index is -0.545. The predicted molar refractivity (Wildman–Crippen MR) is 68.6 cm³/mol. The van der Waals surface area contributed by atoms with Crippen molar-refractivity contribution in [3.05, 3.63) is 23.8 Å². The van der Waals surface area contributed by atoms with Gasteiger partial charge in [0.05, 0.1) is 18.3 Å². The molecule has 0 bridgehead atoms. The topological polar surface area (TPSA) is 38.7 Å². The van der Waals surface area contributed by atoms with E-state index in [0.717, 1.165) is 11.3 Å². The van der Waals surface area contributed by atoms with Gasteiger partial charge < -0.3 is 14.6 Å². The fraction of sp³-hybridized carbons (Fsp3) is 0.571. The molecule has 96 valence electrons. The number of ether oxygens (including phenoxy) is 2. The molecular weight excluding hydrogens is 216 g/mol.